The van der Waals surface area contributed by atoms with Gasteiger partial charge in [-0.25, -0.2) is 4.98 Å². The van der Waals surface area contributed by atoms with Crippen LogP contribution in [0.1, 0.15) is 16.8 Å². The molecular formula is C27H21F3N4O2. The van der Waals surface area contributed by atoms with Gasteiger partial charge >= 0.3 is 6.18 Å². The van der Waals surface area contributed by atoms with Crippen molar-refractivity contribution in [3.63, 3.8) is 0 Å². The number of rotatable bonds is 5. The first-order valence-electron chi connectivity index (χ1n) is 11.1. The van der Waals surface area contributed by atoms with Crippen molar-refractivity contribution < 1.29 is 18.3 Å². The van der Waals surface area contributed by atoms with Crippen LogP contribution in [0.15, 0.2) is 84.0 Å². The van der Waals surface area contributed by atoms with Crippen LogP contribution in [0, 0.1) is 0 Å². The molecule has 0 amide bonds. The van der Waals surface area contributed by atoms with E-state index in [0.717, 1.165) is 21.4 Å². The van der Waals surface area contributed by atoms with Crippen molar-refractivity contribution in [3.05, 3.63) is 106 Å². The Hall–Kier alpha value is -4.24. The van der Waals surface area contributed by atoms with Crippen molar-refractivity contribution in [2.45, 2.75) is 19.3 Å². The average molecular weight is 490 g/mol. The Labute approximate surface area is 203 Å². The minimum absolute atomic E-state index is 0.0888. The van der Waals surface area contributed by atoms with Crippen molar-refractivity contribution >= 4 is 10.9 Å². The molecule has 0 fully saturated rings. The monoisotopic (exact) mass is 490 g/mol. The molecule has 5 aromatic rings. The molecule has 0 atom stereocenters. The van der Waals surface area contributed by atoms with E-state index in [1.165, 1.54) is 36.3 Å². The van der Waals surface area contributed by atoms with Crippen LogP contribution in [-0.4, -0.2) is 24.4 Å². The SMILES string of the molecule is Cn1cc(-c2cc(CO)cc3c(=O)n(Cc4ccccc4-c4ccccc4)cnc23)c(C(F)(F)F)n1. The van der Waals surface area contributed by atoms with Gasteiger partial charge in [0.05, 0.1) is 30.4 Å². The van der Waals surface area contributed by atoms with Crippen LogP contribution in [0.3, 0.4) is 0 Å². The van der Waals surface area contributed by atoms with Crippen LogP contribution in [0.5, 0.6) is 0 Å². The quantitative estimate of drug-likeness (QED) is 0.375. The minimum Gasteiger partial charge on any atom is -0.392 e. The van der Waals surface area contributed by atoms with E-state index in [-0.39, 0.29) is 28.6 Å². The van der Waals surface area contributed by atoms with E-state index >= 15 is 0 Å². The van der Waals surface area contributed by atoms with Gasteiger partial charge in [-0.3, -0.25) is 14.0 Å². The van der Waals surface area contributed by atoms with Gasteiger partial charge in [0.1, 0.15) is 0 Å². The van der Waals surface area contributed by atoms with Crippen molar-refractivity contribution in [1.29, 1.82) is 0 Å². The lowest BCUT2D eigenvalue weighted by atomic mass is 9.99. The number of fused-ring (bicyclic) bond motifs is 1. The lowest BCUT2D eigenvalue weighted by Gasteiger charge is -2.14. The fourth-order valence-electron chi connectivity index (χ4n) is 4.38. The molecule has 0 radical (unpaired) electrons. The number of halogens is 3. The summed E-state index contributed by atoms with van der Waals surface area (Å²) in [6, 6.07) is 20.3. The van der Waals surface area contributed by atoms with Crippen molar-refractivity contribution in [2.24, 2.45) is 7.05 Å². The van der Waals surface area contributed by atoms with Gasteiger partial charge in [0, 0.05) is 24.4 Å². The number of aliphatic hydroxyl groups is 1. The normalized spacial score (nSPS) is 11.8. The van der Waals surface area contributed by atoms with E-state index in [0.29, 0.717) is 5.56 Å². The zero-order valence-electron chi connectivity index (χ0n) is 19.2. The topological polar surface area (TPSA) is 72.9 Å². The molecule has 0 aliphatic heterocycles. The third-order valence-electron chi connectivity index (χ3n) is 6.00. The van der Waals surface area contributed by atoms with Gasteiger partial charge in [0.25, 0.3) is 5.56 Å². The molecule has 36 heavy (non-hydrogen) atoms. The maximum absolute atomic E-state index is 13.7. The number of hydrogen-bond donors (Lipinski definition) is 1. The van der Waals surface area contributed by atoms with Crippen LogP contribution in [0.25, 0.3) is 33.2 Å². The molecule has 3 aromatic carbocycles. The van der Waals surface area contributed by atoms with Crippen LogP contribution in [-0.2, 0) is 26.4 Å². The highest BCUT2D eigenvalue weighted by molar-refractivity contribution is 5.94. The van der Waals surface area contributed by atoms with E-state index in [2.05, 4.69) is 10.1 Å². The van der Waals surface area contributed by atoms with Crippen LogP contribution < -0.4 is 5.56 Å². The highest BCUT2D eigenvalue weighted by Gasteiger charge is 2.38. The summed E-state index contributed by atoms with van der Waals surface area (Å²) in [6.45, 7) is -0.234. The van der Waals surface area contributed by atoms with Gasteiger partial charge in [0.2, 0.25) is 0 Å². The summed E-state index contributed by atoms with van der Waals surface area (Å²) in [5.74, 6) is 0. The molecule has 1 N–H and O–H groups in total. The molecule has 2 heterocycles. The van der Waals surface area contributed by atoms with Crippen molar-refractivity contribution in [3.8, 4) is 22.3 Å². The number of hydrogen-bond acceptors (Lipinski definition) is 4. The maximum Gasteiger partial charge on any atom is 0.435 e. The van der Waals surface area contributed by atoms with E-state index in [1.807, 2.05) is 54.6 Å². The molecule has 0 bridgehead atoms. The number of aromatic nitrogens is 4. The Morgan fingerprint density at radius 1 is 0.944 bits per heavy atom. The lowest BCUT2D eigenvalue weighted by Crippen LogP contribution is -2.22. The molecule has 0 unspecified atom stereocenters. The molecule has 182 valence electrons. The second-order valence-electron chi connectivity index (χ2n) is 8.46. The summed E-state index contributed by atoms with van der Waals surface area (Å²) in [4.78, 5) is 17.9. The van der Waals surface area contributed by atoms with Crippen molar-refractivity contribution in [1.82, 2.24) is 19.3 Å². The first-order valence-corrected chi connectivity index (χ1v) is 11.1. The standard InChI is InChI=1S/C27H21F3N4O2/c1-33-14-23(25(32-33)27(28,29)30)21-11-17(15-35)12-22-24(21)31-16-34(26(22)36)13-19-9-5-6-10-20(19)18-7-3-2-4-8-18/h2-12,14,16,35H,13,15H2,1H3. The summed E-state index contributed by atoms with van der Waals surface area (Å²) >= 11 is 0. The fraction of sp³-hybridized carbons (Fsp3) is 0.148. The highest BCUT2D eigenvalue weighted by Crippen LogP contribution is 2.38. The van der Waals surface area contributed by atoms with Crippen LogP contribution in [0.4, 0.5) is 13.2 Å². The molecule has 5 rings (SSSR count). The Morgan fingerprint density at radius 2 is 1.67 bits per heavy atom. The molecule has 2 aromatic heterocycles. The lowest BCUT2D eigenvalue weighted by molar-refractivity contribution is -0.140. The van der Waals surface area contributed by atoms with Crippen molar-refractivity contribution in [2.75, 3.05) is 0 Å². The largest absolute Gasteiger partial charge is 0.435 e. The van der Waals surface area contributed by atoms with E-state index < -0.39 is 24.0 Å². The second-order valence-corrected chi connectivity index (χ2v) is 8.46. The third-order valence-corrected chi connectivity index (χ3v) is 6.00. The third kappa shape index (κ3) is 4.29. The van der Waals surface area contributed by atoms with E-state index in [1.54, 1.807) is 0 Å². The maximum atomic E-state index is 13.7. The van der Waals surface area contributed by atoms with Gasteiger partial charge in [-0.1, -0.05) is 54.6 Å². The molecule has 0 saturated carbocycles. The van der Waals surface area contributed by atoms with Gasteiger partial charge in [0.15, 0.2) is 5.69 Å². The minimum atomic E-state index is -4.70. The molecule has 0 aliphatic rings. The highest BCUT2D eigenvalue weighted by atomic mass is 19.4. The number of benzene rings is 3. The predicted octanol–water partition coefficient (Wildman–Crippen LogP) is 5.02. The molecule has 0 saturated heterocycles. The molecule has 6 nitrogen and oxygen atoms in total. The summed E-state index contributed by atoms with van der Waals surface area (Å²) in [6.07, 6.45) is -2.12. The zero-order valence-corrected chi connectivity index (χ0v) is 19.2. The Kier molecular flexibility index (Phi) is 5.93. The first-order chi connectivity index (χ1) is 17.3. The molecule has 0 aliphatic carbocycles. The van der Waals surface area contributed by atoms with Gasteiger partial charge in [-0.05, 0) is 34.4 Å². The second kappa shape index (κ2) is 9.09. The van der Waals surface area contributed by atoms with E-state index in [9.17, 15) is 23.1 Å². The Morgan fingerprint density at radius 3 is 2.39 bits per heavy atom. The number of alkyl halides is 3. The van der Waals surface area contributed by atoms with Crippen LogP contribution in [0.2, 0.25) is 0 Å². The van der Waals surface area contributed by atoms with Gasteiger partial charge < -0.3 is 5.11 Å². The Bertz CT molecular complexity index is 1620. The average Bonchev–Trinajstić information content (AvgIpc) is 3.28. The number of aliphatic hydroxyl groups excluding tert-OH is 1. The summed E-state index contributed by atoms with van der Waals surface area (Å²) in [7, 11) is 1.39. The molecule has 0 spiro atoms. The Balaban J connectivity index is 1.67. The van der Waals surface area contributed by atoms with E-state index in [4.69, 9.17) is 0 Å². The zero-order chi connectivity index (χ0) is 25.4. The van der Waals surface area contributed by atoms with Gasteiger partial charge in [-0.2, -0.15) is 18.3 Å². The molecular weight excluding hydrogens is 469 g/mol. The predicted molar refractivity (Wildman–Crippen MR) is 130 cm³/mol. The summed E-state index contributed by atoms with van der Waals surface area (Å²) < 4.78 is 43.5. The van der Waals surface area contributed by atoms with Gasteiger partial charge in [-0.15, -0.1) is 0 Å². The van der Waals surface area contributed by atoms with Crippen LogP contribution >= 0.6 is 0 Å². The molecule has 9 heteroatoms. The first kappa shape index (κ1) is 23.5. The number of aryl methyl sites for hydroxylation is 1. The number of nitrogens with zero attached hydrogens (tertiary/aromatic N) is 4. The smallest absolute Gasteiger partial charge is 0.392 e. The fourth-order valence-corrected chi connectivity index (χ4v) is 4.38. The summed E-state index contributed by atoms with van der Waals surface area (Å²) in [5, 5.41) is 13.5. The summed E-state index contributed by atoms with van der Waals surface area (Å²) in [5.41, 5.74) is 1.64.